The fourth-order valence-electron chi connectivity index (χ4n) is 1.94. The maximum atomic E-state index is 12.4. The third-order valence-electron chi connectivity index (χ3n) is 3.02. The molecule has 6 heteroatoms. The minimum atomic E-state index is -0.225. The topological polar surface area (TPSA) is 91.5 Å². The van der Waals surface area contributed by atoms with E-state index in [1.807, 2.05) is 30.3 Å². The lowest BCUT2D eigenvalue weighted by atomic mass is 10.2. The highest BCUT2D eigenvalue weighted by Crippen LogP contribution is 2.10. The molecule has 1 heterocycles. The number of hydrogen-bond acceptors (Lipinski definition) is 5. The molecule has 0 atom stereocenters. The van der Waals surface area contributed by atoms with Gasteiger partial charge in [0.15, 0.2) is 0 Å². The van der Waals surface area contributed by atoms with Gasteiger partial charge in [0.2, 0.25) is 0 Å². The summed E-state index contributed by atoms with van der Waals surface area (Å²) in [6, 6.07) is 12.9. The lowest BCUT2D eigenvalue weighted by Gasteiger charge is -2.21. The number of hydrazine groups is 1. The lowest BCUT2D eigenvalue weighted by molar-refractivity contribution is 0.0702. The van der Waals surface area contributed by atoms with Crippen molar-refractivity contribution in [2.75, 3.05) is 18.6 Å². The van der Waals surface area contributed by atoms with Gasteiger partial charge in [-0.25, -0.2) is 4.98 Å². The highest BCUT2D eigenvalue weighted by atomic mass is 16.3. The monoisotopic (exact) mass is 286 g/mol. The number of nitrogen functional groups attached to an aromatic ring is 1. The quantitative estimate of drug-likeness (QED) is 0.544. The Hall–Kier alpha value is -2.44. The van der Waals surface area contributed by atoms with E-state index in [0.717, 1.165) is 5.56 Å². The van der Waals surface area contributed by atoms with E-state index in [9.17, 15) is 4.79 Å². The van der Waals surface area contributed by atoms with Gasteiger partial charge in [0.1, 0.15) is 5.69 Å². The molecular formula is C15H18N4O2. The number of carbonyl (C=O) groups excluding carboxylic acids is 1. The number of pyridine rings is 1. The van der Waals surface area contributed by atoms with Crippen molar-refractivity contribution >= 4 is 11.6 Å². The highest BCUT2D eigenvalue weighted by Gasteiger charge is 2.16. The number of nitrogens with two attached hydrogens (primary N) is 1. The summed E-state index contributed by atoms with van der Waals surface area (Å²) in [7, 11) is 0. The van der Waals surface area contributed by atoms with E-state index in [1.165, 1.54) is 6.20 Å². The van der Waals surface area contributed by atoms with Crippen molar-refractivity contribution < 1.29 is 9.90 Å². The first-order chi connectivity index (χ1) is 10.2. The molecule has 4 N–H and O–H groups in total. The maximum absolute atomic E-state index is 12.4. The van der Waals surface area contributed by atoms with E-state index in [2.05, 4.69) is 10.4 Å². The van der Waals surface area contributed by atoms with Crippen LogP contribution in [0.2, 0.25) is 0 Å². The summed E-state index contributed by atoms with van der Waals surface area (Å²) in [5, 5.41) is 9.15. The summed E-state index contributed by atoms with van der Waals surface area (Å²) in [5.41, 5.74) is 4.41. The molecule has 2 aromatic rings. The lowest BCUT2D eigenvalue weighted by Crippen LogP contribution is -2.33. The molecule has 21 heavy (non-hydrogen) atoms. The van der Waals surface area contributed by atoms with Gasteiger partial charge in [-0.2, -0.15) is 0 Å². The van der Waals surface area contributed by atoms with Crippen LogP contribution < -0.4 is 11.3 Å². The van der Waals surface area contributed by atoms with Gasteiger partial charge in [0.05, 0.1) is 18.5 Å². The summed E-state index contributed by atoms with van der Waals surface area (Å²) in [5.74, 6) is 5.04. The first-order valence-electron chi connectivity index (χ1n) is 6.61. The Morgan fingerprint density at radius 1 is 1.24 bits per heavy atom. The Morgan fingerprint density at radius 3 is 2.57 bits per heavy atom. The second-order valence-corrected chi connectivity index (χ2v) is 4.51. The molecule has 0 radical (unpaired) electrons. The van der Waals surface area contributed by atoms with Gasteiger partial charge >= 0.3 is 0 Å². The number of hydrogen-bond donors (Lipinski definition) is 3. The number of benzene rings is 1. The largest absolute Gasteiger partial charge is 0.395 e. The van der Waals surface area contributed by atoms with Crippen molar-refractivity contribution in [3.05, 3.63) is 59.9 Å². The van der Waals surface area contributed by atoms with Gasteiger partial charge in [0.25, 0.3) is 5.91 Å². The molecule has 2 rings (SSSR count). The molecule has 1 aromatic heterocycles. The molecule has 6 nitrogen and oxygen atoms in total. The van der Waals surface area contributed by atoms with Crippen LogP contribution in [-0.4, -0.2) is 34.0 Å². The highest BCUT2D eigenvalue weighted by molar-refractivity contribution is 5.92. The van der Waals surface area contributed by atoms with Crippen LogP contribution in [0, 0.1) is 0 Å². The van der Waals surface area contributed by atoms with E-state index in [-0.39, 0.29) is 19.1 Å². The molecule has 0 bridgehead atoms. The van der Waals surface area contributed by atoms with Crippen LogP contribution in [0.15, 0.2) is 48.7 Å². The van der Waals surface area contributed by atoms with Crippen LogP contribution in [0.3, 0.4) is 0 Å². The summed E-state index contributed by atoms with van der Waals surface area (Å²) in [6.07, 6.45) is 1.49. The van der Waals surface area contributed by atoms with Crippen LogP contribution in [0.25, 0.3) is 0 Å². The van der Waals surface area contributed by atoms with Crippen molar-refractivity contribution in [1.82, 2.24) is 9.88 Å². The molecule has 0 spiro atoms. The minimum absolute atomic E-state index is 0.0962. The van der Waals surface area contributed by atoms with Crippen molar-refractivity contribution in [1.29, 1.82) is 0 Å². The Morgan fingerprint density at radius 2 is 2.00 bits per heavy atom. The van der Waals surface area contributed by atoms with Crippen molar-refractivity contribution in [2.24, 2.45) is 5.84 Å². The fourth-order valence-corrected chi connectivity index (χ4v) is 1.94. The summed E-state index contributed by atoms with van der Waals surface area (Å²) in [4.78, 5) is 18.1. The number of anilines is 1. The molecule has 0 unspecified atom stereocenters. The van der Waals surface area contributed by atoms with E-state index >= 15 is 0 Å². The number of carbonyl (C=O) groups is 1. The molecule has 0 aliphatic heterocycles. The second kappa shape index (κ2) is 7.37. The van der Waals surface area contributed by atoms with E-state index < -0.39 is 0 Å². The average Bonchev–Trinajstić information content (AvgIpc) is 2.55. The second-order valence-electron chi connectivity index (χ2n) is 4.51. The molecule has 1 aromatic carbocycles. The summed E-state index contributed by atoms with van der Waals surface area (Å²) < 4.78 is 0. The standard InChI is InChI=1S/C15H18N4O2/c16-18-13-6-7-14(17-10-13)15(21)19(8-9-20)11-12-4-2-1-3-5-12/h1-7,10,18,20H,8-9,11,16H2. The number of aliphatic hydroxyl groups is 1. The Bertz CT molecular complexity index is 572. The smallest absolute Gasteiger partial charge is 0.272 e. The minimum Gasteiger partial charge on any atom is -0.395 e. The van der Waals surface area contributed by atoms with Gasteiger partial charge < -0.3 is 15.4 Å². The number of aliphatic hydroxyl groups excluding tert-OH is 1. The zero-order valence-electron chi connectivity index (χ0n) is 11.6. The van der Waals surface area contributed by atoms with Gasteiger partial charge in [-0.3, -0.25) is 10.6 Å². The number of nitrogens with zero attached hydrogens (tertiary/aromatic N) is 2. The van der Waals surface area contributed by atoms with E-state index in [1.54, 1.807) is 17.0 Å². The van der Waals surface area contributed by atoms with Gasteiger partial charge in [0, 0.05) is 13.1 Å². The molecule has 0 aliphatic rings. The first-order valence-corrected chi connectivity index (χ1v) is 6.61. The van der Waals surface area contributed by atoms with Gasteiger partial charge in [-0.15, -0.1) is 0 Å². The van der Waals surface area contributed by atoms with Crippen LogP contribution in [0.4, 0.5) is 5.69 Å². The van der Waals surface area contributed by atoms with Crippen LogP contribution in [-0.2, 0) is 6.54 Å². The Kier molecular flexibility index (Phi) is 5.25. The third-order valence-corrected chi connectivity index (χ3v) is 3.02. The number of rotatable bonds is 6. The van der Waals surface area contributed by atoms with Crippen molar-refractivity contribution in [3.63, 3.8) is 0 Å². The first kappa shape index (κ1) is 15.0. The Labute approximate surface area is 123 Å². The third kappa shape index (κ3) is 4.01. The van der Waals surface area contributed by atoms with E-state index in [4.69, 9.17) is 10.9 Å². The van der Waals surface area contributed by atoms with Crippen LogP contribution in [0.1, 0.15) is 16.1 Å². The van der Waals surface area contributed by atoms with Crippen LogP contribution in [0.5, 0.6) is 0 Å². The molecule has 1 amide bonds. The van der Waals surface area contributed by atoms with Crippen molar-refractivity contribution in [2.45, 2.75) is 6.54 Å². The fraction of sp³-hybridized carbons (Fsp3) is 0.200. The van der Waals surface area contributed by atoms with Crippen molar-refractivity contribution in [3.8, 4) is 0 Å². The molecule has 0 saturated heterocycles. The summed E-state index contributed by atoms with van der Waals surface area (Å²) in [6.45, 7) is 0.589. The maximum Gasteiger partial charge on any atom is 0.272 e. The SMILES string of the molecule is NNc1ccc(C(=O)N(CCO)Cc2ccccc2)nc1. The average molecular weight is 286 g/mol. The van der Waals surface area contributed by atoms with Crippen LogP contribution >= 0.6 is 0 Å². The number of nitrogens with one attached hydrogen (secondary N) is 1. The predicted octanol–water partition coefficient (Wildman–Crippen LogP) is 1.00. The zero-order chi connectivity index (χ0) is 15.1. The molecule has 110 valence electrons. The summed E-state index contributed by atoms with van der Waals surface area (Å²) >= 11 is 0. The zero-order valence-corrected chi connectivity index (χ0v) is 11.6. The van der Waals surface area contributed by atoms with E-state index in [0.29, 0.717) is 17.9 Å². The van der Waals surface area contributed by atoms with Gasteiger partial charge in [-0.1, -0.05) is 30.3 Å². The molecule has 0 saturated carbocycles. The normalized spacial score (nSPS) is 10.2. The molecule has 0 fully saturated rings. The number of aromatic nitrogens is 1. The molecule has 0 aliphatic carbocycles. The molecular weight excluding hydrogens is 268 g/mol. The van der Waals surface area contributed by atoms with Gasteiger partial charge in [-0.05, 0) is 17.7 Å². The Balaban J connectivity index is 2.14. The number of amides is 1. The predicted molar refractivity (Wildman–Crippen MR) is 80.3 cm³/mol.